The standard InChI is InChI=1S/C39H66N10O17/c1-19(2)16-25(47-34(60)21(8-4-6-14-40)43-32(58)20(3)42)37(63)44-22(9-5-7-15-41)33(59)45-23(10-12-28(50)51)35(61)46-24(11-13-29(52)53)36(62)48-26(17-30(54)55)38(64)49-27(39(65)66)18-31(56)57/h19-27H,4-18,40-42H2,1-3H3,(H,43,58)(H,44,63)(H,45,59)(H,46,61)(H,47,60)(H,48,62)(H,49,64)(H,50,51)(H,52,53)(H,54,55)(H,56,57)(H,65,66)/t20-,21-,22-,23-,24-,25-,26-,27-/m0/s1. The van der Waals surface area contributed by atoms with Gasteiger partial charge in [-0.1, -0.05) is 13.8 Å². The van der Waals surface area contributed by atoms with Crippen molar-refractivity contribution < 1.29 is 83.1 Å². The number of nitrogens with two attached hydrogens (primary N) is 3. The van der Waals surface area contributed by atoms with Gasteiger partial charge in [-0.3, -0.25) is 52.7 Å². The average Bonchev–Trinajstić information content (AvgIpc) is 3.21. The maximum absolute atomic E-state index is 13.9. The highest BCUT2D eigenvalue weighted by Gasteiger charge is 2.35. The van der Waals surface area contributed by atoms with Crippen LogP contribution in [0.4, 0.5) is 0 Å². The average molecular weight is 947 g/mol. The lowest BCUT2D eigenvalue weighted by Crippen LogP contribution is -2.60. The van der Waals surface area contributed by atoms with Crippen LogP contribution in [0.15, 0.2) is 0 Å². The molecule has 0 saturated heterocycles. The summed E-state index contributed by atoms with van der Waals surface area (Å²) in [6, 6.07) is -12.7. The summed E-state index contributed by atoms with van der Waals surface area (Å²) in [7, 11) is 0. The second-order valence-electron chi connectivity index (χ2n) is 15.8. The summed E-state index contributed by atoms with van der Waals surface area (Å²) in [5.41, 5.74) is 16.9. The van der Waals surface area contributed by atoms with Gasteiger partial charge < -0.3 is 80.0 Å². The number of carbonyl (C=O) groups excluding carboxylic acids is 7. The number of aliphatic carboxylic acids is 5. The molecule has 0 spiro atoms. The van der Waals surface area contributed by atoms with Gasteiger partial charge >= 0.3 is 29.8 Å². The van der Waals surface area contributed by atoms with E-state index in [1.165, 1.54) is 6.92 Å². The molecule has 0 heterocycles. The van der Waals surface area contributed by atoms with Crippen molar-refractivity contribution in [2.75, 3.05) is 13.1 Å². The summed E-state index contributed by atoms with van der Waals surface area (Å²) in [6.45, 7) is 5.41. The summed E-state index contributed by atoms with van der Waals surface area (Å²) in [6.07, 6.45) is -3.64. The van der Waals surface area contributed by atoms with Gasteiger partial charge in [0.15, 0.2) is 0 Å². The van der Waals surface area contributed by atoms with Crippen LogP contribution < -0.4 is 54.4 Å². The monoisotopic (exact) mass is 946 g/mol. The van der Waals surface area contributed by atoms with Crippen molar-refractivity contribution >= 4 is 71.2 Å². The molecule has 27 heteroatoms. The van der Waals surface area contributed by atoms with Crippen LogP contribution in [0, 0.1) is 5.92 Å². The van der Waals surface area contributed by atoms with Crippen LogP contribution >= 0.6 is 0 Å². The first-order valence-corrected chi connectivity index (χ1v) is 21.2. The summed E-state index contributed by atoms with van der Waals surface area (Å²) in [5, 5.41) is 62.5. The number of carbonyl (C=O) groups is 12. The predicted molar refractivity (Wildman–Crippen MR) is 228 cm³/mol. The van der Waals surface area contributed by atoms with E-state index in [0.29, 0.717) is 25.8 Å². The molecule has 18 N–H and O–H groups in total. The van der Waals surface area contributed by atoms with Crippen LogP contribution in [-0.2, 0) is 57.5 Å². The van der Waals surface area contributed by atoms with Crippen LogP contribution in [-0.4, -0.2) is 158 Å². The van der Waals surface area contributed by atoms with Gasteiger partial charge in [-0.2, -0.15) is 0 Å². The summed E-state index contributed by atoms with van der Waals surface area (Å²) < 4.78 is 0. The van der Waals surface area contributed by atoms with E-state index in [1.54, 1.807) is 19.2 Å². The molecular weight excluding hydrogens is 880 g/mol. The summed E-state index contributed by atoms with van der Waals surface area (Å²) >= 11 is 0. The molecular formula is C39H66N10O17. The SMILES string of the molecule is CC(C)C[C@H](NC(=O)[C@H](CCCCN)NC(=O)[C@H](C)N)C(=O)N[C@@H](CCCCN)C(=O)N[C@@H](CCC(=O)O)C(=O)N[C@@H](CCC(=O)O)C(=O)N[C@@H](CC(=O)O)C(=O)N[C@@H](CC(=O)O)C(=O)O. The lowest BCUT2D eigenvalue weighted by molar-refractivity contribution is -0.148. The van der Waals surface area contributed by atoms with Gasteiger partial charge in [-0.25, -0.2) is 4.79 Å². The number of carboxylic acid groups (broad SMARTS) is 5. The van der Waals surface area contributed by atoms with Gasteiger partial charge in [0.2, 0.25) is 41.4 Å². The number of rotatable bonds is 35. The van der Waals surface area contributed by atoms with Gasteiger partial charge in [0.25, 0.3) is 0 Å². The highest BCUT2D eigenvalue weighted by Crippen LogP contribution is 2.11. The van der Waals surface area contributed by atoms with Crippen molar-refractivity contribution in [2.45, 2.75) is 153 Å². The van der Waals surface area contributed by atoms with E-state index in [0.717, 1.165) is 0 Å². The van der Waals surface area contributed by atoms with Crippen molar-refractivity contribution in [3.05, 3.63) is 0 Å². The smallest absolute Gasteiger partial charge is 0.326 e. The molecule has 66 heavy (non-hydrogen) atoms. The van der Waals surface area contributed by atoms with Gasteiger partial charge in [0.05, 0.1) is 18.9 Å². The van der Waals surface area contributed by atoms with Gasteiger partial charge in [0, 0.05) is 12.8 Å². The molecule has 7 amide bonds. The lowest BCUT2D eigenvalue weighted by Gasteiger charge is -2.28. The normalized spacial score (nSPS) is 14.6. The zero-order chi connectivity index (χ0) is 50.7. The third kappa shape index (κ3) is 25.1. The Morgan fingerprint density at radius 3 is 1.03 bits per heavy atom. The fourth-order valence-electron chi connectivity index (χ4n) is 6.00. The molecule has 0 fully saturated rings. The quantitative estimate of drug-likeness (QED) is 0.0268. The molecule has 8 atom stereocenters. The number of nitrogens with one attached hydrogen (secondary N) is 7. The molecule has 0 aliphatic heterocycles. The van der Waals surface area contributed by atoms with E-state index in [4.69, 9.17) is 22.3 Å². The van der Waals surface area contributed by atoms with Crippen molar-refractivity contribution in [3.8, 4) is 0 Å². The summed E-state index contributed by atoms with van der Waals surface area (Å²) in [5.74, 6) is -15.7. The van der Waals surface area contributed by atoms with Crippen molar-refractivity contribution in [3.63, 3.8) is 0 Å². The molecule has 0 unspecified atom stereocenters. The first kappa shape index (κ1) is 59.5. The first-order valence-electron chi connectivity index (χ1n) is 21.2. The Morgan fingerprint density at radius 2 is 0.697 bits per heavy atom. The third-order valence-electron chi connectivity index (χ3n) is 9.48. The van der Waals surface area contributed by atoms with Crippen LogP contribution in [0.25, 0.3) is 0 Å². The molecule has 0 aromatic heterocycles. The Kier molecular flexibility index (Phi) is 28.3. The molecule has 0 aromatic carbocycles. The number of amides is 7. The number of hydrogen-bond donors (Lipinski definition) is 15. The van der Waals surface area contributed by atoms with Crippen LogP contribution in [0.3, 0.4) is 0 Å². The van der Waals surface area contributed by atoms with Crippen LogP contribution in [0.5, 0.6) is 0 Å². The fourth-order valence-corrected chi connectivity index (χ4v) is 6.00. The fraction of sp³-hybridized carbons (Fsp3) is 0.692. The van der Waals surface area contributed by atoms with Crippen LogP contribution in [0.2, 0.25) is 0 Å². The minimum Gasteiger partial charge on any atom is -0.481 e. The third-order valence-corrected chi connectivity index (χ3v) is 9.48. The highest BCUT2D eigenvalue weighted by atomic mass is 16.4. The van der Waals surface area contributed by atoms with Gasteiger partial charge in [-0.15, -0.1) is 0 Å². The molecule has 0 bridgehead atoms. The highest BCUT2D eigenvalue weighted by molar-refractivity contribution is 5.98. The van der Waals surface area contributed by atoms with Gasteiger partial charge in [-0.05, 0) is 83.7 Å². The Labute approximate surface area is 379 Å². The molecule has 0 aliphatic rings. The molecule has 0 rings (SSSR count). The minimum absolute atomic E-state index is 0.0480. The van der Waals surface area contributed by atoms with E-state index in [-0.39, 0.29) is 38.1 Å². The molecule has 27 nitrogen and oxygen atoms in total. The molecule has 0 saturated carbocycles. The summed E-state index contributed by atoms with van der Waals surface area (Å²) in [4.78, 5) is 151. The van der Waals surface area contributed by atoms with E-state index < -0.39 is 158 Å². The Morgan fingerprint density at radius 1 is 0.394 bits per heavy atom. The second kappa shape index (κ2) is 31.4. The second-order valence-corrected chi connectivity index (χ2v) is 15.8. The van der Waals surface area contributed by atoms with E-state index in [2.05, 4.69) is 26.6 Å². The molecule has 0 aliphatic carbocycles. The van der Waals surface area contributed by atoms with E-state index >= 15 is 0 Å². The zero-order valence-corrected chi connectivity index (χ0v) is 37.2. The number of carboxylic acids is 5. The Bertz CT molecular complexity index is 1710. The minimum atomic E-state index is -2.10. The lowest BCUT2D eigenvalue weighted by atomic mass is 10.0. The predicted octanol–water partition coefficient (Wildman–Crippen LogP) is -4.21. The largest absolute Gasteiger partial charge is 0.481 e. The van der Waals surface area contributed by atoms with Crippen molar-refractivity contribution in [1.82, 2.24) is 37.2 Å². The Balaban J connectivity index is 6.72. The Hall–Kier alpha value is -6.48. The molecule has 0 radical (unpaired) electrons. The van der Waals surface area contributed by atoms with Crippen molar-refractivity contribution in [1.29, 1.82) is 0 Å². The van der Waals surface area contributed by atoms with E-state index in [9.17, 15) is 78.0 Å². The van der Waals surface area contributed by atoms with Gasteiger partial charge in [0.1, 0.15) is 42.3 Å². The topological polar surface area (TPSA) is 468 Å². The molecule has 374 valence electrons. The number of unbranched alkanes of at least 4 members (excludes halogenated alkanes) is 2. The van der Waals surface area contributed by atoms with Crippen LogP contribution in [0.1, 0.15) is 104 Å². The maximum atomic E-state index is 13.9. The number of hydrogen-bond acceptors (Lipinski definition) is 15. The van der Waals surface area contributed by atoms with E-state index in [1.807, 2.05) is 5.32 Å². The molecule has 0 aromatic rings. The van der Waals surface area contributed by atoms with Crippen molar-refractivity contribution in [2.24, 2.45) is 23.1 Å². The zero-order valence-electron chi connectivity index (χ0n) is 37.2. The maximum Gasteiger partial charge on any atom is 0.326 e. The first-order chi connectivity index (χ1) is 30.8.